The minimum Gasteiger partial charge on any atom is -0.451 e. The summed E-state index contributed by atoms with van der Waals surface area (Å²) in [5, 5.41) is 18.5. The number of esters is 1. The van der Waals surface area contributed by atoms with Gasteiger partial charge in [0.1, 0.15) is 5.69 Å². The van der Waals surface area contributed by atoms with Gasteiger partial charge in [0, 0.05) is 18.0 Å². The van der Waals surface area contributed by atoms with Gasteiger partial charge in [-0.2, -0.15) is 0 Å². The van der Waals surface area contributed by atoms with Crippen LogP contribution < -0.4 is 10.6 Å². The van der Waals surface area contributed by atoms with Gasteiger partial charge in [0.25, 0.3) is 11.6 Å². The van der Waals surface area contributed by atoms with E-state index < -0.39 is 23.4 Å². The topological polar surface area (TPSA) is 123 Å². The molecule has 2 N–H and O–H groups in total. The van der Waals surface area contributed by atoms with Crippen LogP contribution in [0.25, 0.3) is 0 Å². The SMILES string of the molecule is O=C(COC(=O)c1csc(NCc2ccccc2)n1)Nc1ccccc1[N+](=O)[O-]. The van der Waals surface area contributed by atoms with Crippen molar-refractivity contribution in [3.8, 4) is 0 Å². The van der Waals surface area contributed by atoms with Crippen molar-refractivity contribution in [3.63, 3.8) is 0 Å². The zero-order chi connectivity index (χ0) is 20.6. The quantitative estimate of drug-likeness (QED) is 0.330. The fraction of sp³-hybridized carbons (Fsp3) is 0.105. The van der Waals surface area contributed by atoms with Gasteiger partial charge in [-0.1, -0.05) is 42.5 Å². The van der Waals surface area contributed by atoms with Gasteiger partial charge in [0.05, 0.1) is 4.92 Å². The molecular weight excluding hydrogens is 396 g/mol. The van der Waals surface area contributed by atoms with Crippen LogP contribution in [0.4, 0.5) is 16.5 Å². The van der Waals surface area contributed by atoms with Crippen molar-refractivity contribution in [3.05, 3.63) is 81.3 Å². The molecule has 10 heteroatoms. The Morgan fingerprint density at radius 2 is 1.83 bits per heavy atom. The van der Waals surface area contributed by atoms with Crippen molar-refractivity contribution in [2.24, 2.45) is 0 Å². The molecule has 0 fully saturated rings. The average molecular weight is 412 g/mol. The highest BCUT2D eigenvalue weighted by atomic mass is 32.1. The molecule has 0 bridgehead atoms. The number of aromatic nitrogens is 1. The molecule has 0 saturated heterocycles. The molecule has 1 aromatic heterocycles. The zero-order valence-corrected chi connectivity index (χ0v) is 15.8. The molecule has 29 heavy (non-hydrogen) atoms. The van der Waals surface area contributed by atoms with Gasteiger partial charge >= 0.3 is 5.97 Å². The number of ether oxygens (including phenoxy) is 1. The van der Waals surface area contributed by atoms with E-state index in [1.54, 1.807) is 6.07 Å². The largest absolute Gasteiger partial charge is 0.451 e. The number of rotatable bonds is 8. The van der Waals surface area contributed by atoms with Crippen LogP contribution >= 0.6 is 11.3 Å². The third kappa shape index (κ3) is 5.59. The van der Waals surface area contributed by atoms with E-state index in [0.717, 1.165) is 5.56 Å². The predicted octanol–water partition coefficient (Wildman–Crippen LogP) is 3.46. The number of nitro groups is 1. The molecule has 0 aliphatic carbocycles. The number of nitro benzene ring substituents is 1. The first-order valence-electron chi connectivity index (χ1n) is 8.46. The number of benzene rings is 2. The second-order valence-corrected chi connectivity index (χ2v) is 6.63. The molecule has 0 atom stereocenters. The van der Waals surface area contributed by atoms with Gasteiger partial charge in [0.15, 0.2) is 17.4 Å². The molecule has 0 aliphatic heterocycles. The molecule has 0 unspecified atom stereocenters. The lowest BCUT2D eigenvalue weighted by molar-refractivity contribution is -0.383. The van der Waals surface area contributed by atoms with Crippen molar-refractivity contribution in [2.75, 3.05) is 17.2 Å². The zero-order valence-electron chi connectivity index (χ0n) is 15.0. The van der Waals surface area contributed by atoms with Gasteiger partial charge in [-0.15, -0.1) is 11.3 Å². The summed E-state index contributed by atoms with van der Waals surface area (Å²) in [5.74, 6) is -1.45. The number of para-hydroxylation sites is 2. The molecular formula is C19H16N4O5S. The van der Waals surface area contributed by atoms with Gasteiger partial charge in [-0.25, -0.2) is 9.78 Å². The van der Waals surface area contributed by atoms with E-state index in [4.69, 9.17) is 4.74 Å². The first-order valence-corrected chi connectivity index (χ1v) is 9.34. The molecule has 0 spiro atoms. The van der Waals surface area contributed by atoms with Crippen LogP contribution in [0.3, 0.4) is 0 Å². The molecule has 0 aliphatic rings. The maximum Gasteiger partial charge on any atom is 0.358 e. The number of carbonyl (C=O) groups is 2. The first kappa shape index (κ1) is 20.0. The van der Waals surface area contributed by atoms with Gasteiger partial charge in [-0.3, -0.25) is 14.9 Å². The lowest BCUT2D eigenvalue weighted by atomic mass is 10.2. The average Bonchev–Trinajstić information content (AvgIpc) is 3.21. The maximum absolute atomic E-state index is 12.1. The lowest BCUT2D eigenvalue weighted by Gasteiger charge is -2.06. The van der Waals surface area contributed by atoms with Crippen molar-refractivity contribution in [2.45, 2.75) is 6.54 Å². The van der Waals surface area contributed by atoms with Gasteiger partial charge in [-0.05, 0) is 11.6 Å². The third-order valence-corrected chi connectivity index (χ3v) is 4.51. The molecule has 0 radical (unpaired) electrons. The van der Waals surface area contributed by atoms with E-state index in [1.165, 1.54) is 34.9 Å². The van der Waals surface area contributed by atoms with Crippen LogP contribution in [0.15, 0.2) is 60.0 Å². The Morgan fingerprint density at radius 1 is 1.10 bits per heavy atom. The minimum absolute atomic E-state index is 0.0274. The number of carbonyl (C=O) groups excluding carboxylic acids is 2. The smallest absolute Gasteiger partial charge is 0.358 e. The van der Waals surface area contributed by atoms with Crippen LogP contribution in [0.5, 0.6) is 0 Å². The van der Waals surface area contributed by atoms with Crippen molar-refractivity contribution < 1.29 is 19.2 Å². The molecule has 1 amide bonds. The highest BCUT2D eigenvalue weighted by Crippen LogP contribution is 2.23. The number of amides is 1. The summed E-state index contributed by atoms with van der Waals surface area (Å²) >= 11 is 1.24. The van der Waals surface area contributed by atoms with Crippen LogP contribution in [0, 0.1) is 10.1 Å². The Bertz CT molecular complexity index is 1020. The van der Waals surface area contributed by atoms with E-state index >= 15 is 0 Å². The van der Waals surface area contributed by atoms with E-state index in [2.05, 4.69) is 15.6 Å². The summed E-state index contributed by atoms with van der Waals surface area (Å²) in [6.45, 7) is -0.0315. The summed E-state index contributed by atoms with van der Waals surface area (Å²) < 4.78 is 4.93. The van der Waals surface area contributed by atoms with Gasteiger partial charge < -0.3 is 15.4 Å². The number of anilines is 2. The maximum atomic E-state index is 12.1. The van der Waals surface area contributed by atoms with Gasteiger partial charge in [0.2, 0.25) is 0 Å². The fourth-order valence-corrected chi connectivity index (χ4v) is 3.03. The lowest BCUT2D eigenvalue weighted by Crippen LogP contribution is -2.21. The fourth-order valence-electron chi connectivity index (χ4n) is 2.35. The summed E-state index contributed by atoms with van der Waals surface area (Å²) in [6.07, 6.45) is 0. The van der Waals surface area contributed by atoms with Crippen LogP contribution in [0.1, 0.15) is 16.1 Å². The first-order chi connectivity index (χ1) is 14.0. The minimum atomic E-state index is -0.758. The molecule has 148 valence electrons. The number of thiazole rings is 1. The summed E-state index contributed by atoms with van der Waals surface area (Å²) in [5.41, 5.74) is 0.919. The standard InChI is InChI=1S/C19H16N4O5S/c24-17(21-14-8-4-5-9-16(14)23(26)27)11-28-18(25)15-12-29-19(22-15)20-10-13-6-2-1-3-7-13/h1-9,12H,10-11H2,(H,20,22)(H,21,24). The molecule has 3 rings (SSSR count). The summed E-state index contributed by atoms with van der Waals surface area (Å²) in [7, 11) is 0. The Morgan fingerprint density at radius 3 is 2.59 bits per heavy atom. The van der Waals surface area contributed by atoms with E-state index in [1.807, 2.05) is 30.3 Å². The Labute approximate surface area is 169 Å². The Kier molecular flexibility index (Phi) is 6.48. The highest BCUT2D eigenvalue weighted by Gasteiger charge is 2.17. The monoisotopic (exact) mass is 412 g/mol. The van der Waals surface area contributed by atoms with Crippen molar-refractivity contribution in [1.82, 2.24) is 4.98 Å². The normalized spacial score (nSPS) is 10.2. The molecule has 0 saturated carbocycles. The predicted molar refractivity (Wildman–Crippen MR) is 108 cm³/mol. The third-order valence-electron chi connectivity index (χ3n) is 3.71. The Balaban J connectivity index is 1.50. The number of nitrogens with one attached hydrogen (secondary N) is 2. The molecule has 9 nitrogen and oxygen atoms in total. The van der Waals surface area contributed by atoms with Crippen LogP contribution in [-0.2, 0) is 16.1 Å². The molecule has 2 aromatic carbocycles. The highest BCUT2D eigenvalue weighted by molar-refractivity contribution is 7.13. The number of hydrogen-bond donors (Lipinski definition) is 2. The van der Waals surface area contributed by atoms with E-state index in [-0.39, 0.29) is 17.1 Å². The van der Waals surface area contributed by atoms with Crippen LogP contribution in [0.2, 0.25) is 0 Å². The van der Waals surface area contributed by atoms with E-state index in [0.29, 0.717) is 11.7 Å². The number of nitrogens with zero attached hydrogens (tertiary/aromatic N) is 2. The molecule has 1 heterocycles. The summed E-state index contributed by atoms with van der Waals surface area (Å²) in [4.78, 5) is 38.5. The van der Waals surface area contributed by atoms with Crippen molar-refractivity contribution >= 4 is 39.7 Å². The van der Waals surface area contributed by atoms with Crippen molar-refractivity contribution in [1.29, 1.82) is 0 Å². The Hall–Kier alpha value is -3.79. The number of hydrogen-bond acceptors (Lipinski definition) is 8. The summed E-state index contributed by atoms with van der Waals surface area (Å²) in [6, 6.07) is 15.4. The second-order valence-electron chi connectivity index (χ2n) is 5.78. The van der Waals surface area contributed by atoms with Crippen LogP contribution in [-0.4, -0.2) is 28.4 Å². The second kappa shape index (κ2) is 9.42. The van der Waals surface area contributed by atoms with E-state index in [9.17, 15) is 19.7 Å². The molecule has 3 aromatic rings.